The predicted molar refractivity (Wildman–Crippen MR) is 195 cm³/mol. The molecule has 2 fully saturated rings. The number of fused-ring (bicyclic) bond motifs is 2. The fourth-order valence-electron chi connectivity index (χ4n) is 7.79. The van der Waals surface area contributed by atoms with E-state index in [2.05, 4.69) is 57.0 Å². The van der Waals surface area contributed by atoms with Gasteiger partial charge in [-0.15, -0.1) is 0 Å². The number of benzene rings is 2. The number of hydrogen-bond acceptors (Lipinski definition) is 7. The minimum absolute atomic E-state index is 0.147. The lowest BCUT2D eigenvalue weighted by molar-refractivity contribution is -0.123. The number of aromatic nitrogens is 3. The van der Waals surface area contributed by atoms with Crippen molar-refractivity contribution in [2.45, 2.75) is 90.3 Å². The molecule has 2 N–H and O–H groups in total. The Bertz CT molecular complexity index is 1880. The maximum Gasteiger partial charge on any atom is 0.251 e. The van der Waals surface area contributed by atoms with Crippen molar-refractivity contribution in [2.75, 3.05) is 43.6 Å². The molecule has 0 spiro atoms. The molecule has 0 atom stereocenters. The van der Waals surface area contributed by atoms with Crippen LogP contribution in [-0.2, 0) is 14.9 Å². The van der Waals surface area contributed by atoms with E-state index in [4.69, 9.17) is 14.7 Å². The molecule has 7 rings (SSSR count). The molecule has 10 heteroatoms. The number of nitrogens with one attached hydrogen (secondary N) is 2. The van der Waals surface area contributed by atoms with Gasteiger partial charge in [0, 0.05) is 54.3 Å². The molecular weight excluding hydrogens is 614 g/mol. The van der Waals surface area contributed by atoms with Gasteiger partial charge in [-0.2, -0.15) is 0 Å². The highest BCUT2D eigenvalue weighted by molar-refractivity contribution is 6.09. The highest BCUT2D eigenvalue weighted by Gasteiger charge is 2.50. The van der Waals surface area contributed by atoms with Crippen molar-refractivity contribution in [3.63, 3.8) is 0 Å². The second-order valence-electron chi connectivity index (χ2n) is 14.8. The van der Waals surface area contributed by atoms with E-state index in [1.54, 1.807) is 7.11 Å². The van der Waals surface area contributed by atoms with Crippen LogP contribution in [0.1, 0.15) is 87.3 Å². The number of methoxy groups -OCH3 is 1. The summed E-state index contributed by atoms with van der Waals surface area (Å²) in [6, 6.07) is 15.1. The van der Waals surface area contributed by atoms with Crippen LogP contribution < -0.4 is 15.5 Å². The Kier molecular flexibility index (Phi) is 8.96. The number of amides is 2. The SMILES string of the molecule is COCCNC(=O)c1cc(Nc2nc(-c3ccc4c(c3)N([C@H]3C[C@@H](N5CCCCC5)C3)C(=O)C4(C)C)cc3ncn(C(C)C)c23)ccc1C. The molecule has 4 aromatic rings. The number of rotatable bonds is 10. The Morgan fingerprint density at radius 1 is 1.04 bits per heavy atom. The summed E-state index contributed by atoms with van der Waals surface area (Å²) < 4.78 is 7.21. The third-order valence-corrected chi connectivity index (χ3v) is 10.8. The zero-order valence-corrected chi connectivity index (χ0v) is 29.7. The zero-order chi connectivity index (χ0) is 34.4. The average molecular weight is 664 g/mol. The van der Waals surface area contributed by atoms with Gasteiger partial charge in [0.15, 0.2) is 5.82 Å². The number of imidazole rings is 1. The van der Waals surface area contributed by atoms with Crippen molar-refractivity contribution in [3.8, 4) is 11.3 Å². The lowest BCUT2D eigenvalue weighted by Gasteiger charge is -2.48. The van der Waals surface area contributed by atoms with Crippen LogP contribution in [-0.4, -0.2) is 76.7 Å². The maximum absolute atomic E-state index is 14.0. The fraction of sp³-hybridized carbons (Fsp3) is 0.487. The number of pyridine rings is 1. The van der Waals surface area contributed by atoms with Gasteiger partial charge in [-0.3, -0.25) is 9.59 Å². The van der Waals surface area contributed by atoms with E-state index in [-0.39, 0.29) is 23.9 Å². The van der Waals surface area contributed by atoms with Gasteiger partial charge in [-0.05, 0) is 109 Å². The third kappa shape index (κ3) is 6.10. The van der Waals surface area contributed by atoms with Crippen molar-refractivity contribution >= 4 is 40.0 Å². The second-order valence-corrected chi connectivity index (χ2v) is 14.8. The molecule has 2 aromatic carbocycles. The Balaban J connectivity index is 1.23. The Labute approximate surface area is 289 Å². The first-order valence-corrected chi connectivity index (χ1v) is 17.8. The summed E-state index contributed by atoms with van der Waals surface area (Å²) in [6.07, 6.45) is 7.80. The lowest BCUT2D eigenvalue weighted by Crippen LogP contribution is -2.57. The van der Waals surface area contributed by atoms with Crippen molar-refractivity contribution < 1.29 is 14.3 Å². The van der Waals surface area contributed by atoms with Gasteiger partial charge in [0.1, 0.15) is 5.52 Å². The van der Waals surface area contributed by atoms with Gasteiger partial charge in [-0.25, -0.2) is 9.97 Å². The number of hydrogen-bond donors (Lipinski definition) is 2. The topological polar surface area (TPSA) is 105 Å². The monoisotopic (exact) mass is 663 g/mol. The molecule has 49 heavy (non-hydrogen) atoms. The lowest BCUT2D eigenvalue weighted by atomic mass is 9.82. The van der Waals surface area contributed by atoms with Crippen molar-refractivity contribution in [2.24, 2.45) is 0 Å². The van der Waals surface area contributed by atoms with Gasteiger partial charge in [0.25, 0.3) is 5.91 Å². The van der Waals surface area contributed by atoms with Crippen LogP contribution in [0.4, 0.5) is 17.2 Å². The average Bonchev–Trinajstić information content (AvgIpc) is 3.59. The zero-order valence-electron chi connectivity index (χ0n) is 29.7. The maximum atomic E-state index is 14.0. The van der Waals surface area contributed by atoms with Crippen molar-refractivity contribution in [1.82, 2.24) is 24.8 Å². The number of anilines is 3. The molecule has 1 aliphatic carbocycles. The molecule has 1 saturated heterocycles. The molecule has 3 aliphatic rings. The molecular formula is C39H49N7O3. The molecule has 0 radical (unpaired) electrons. The number of aryl methyl sites for hydroxylation is 1. The van der Waals surface area contributed by atoms with Crippen molar-refractivity contribution in [3.05, 3.63) is 65.5 Å². The number of piperidine rings is 1. The minimum Gasteiger partial charge on any atom is -0.383 e. The van der Waals surface area contributed by atoms with Gasteiger partial charge in [0.2, 0.25) is 5.91 Å². The summed E-state index contributed by atoms with van der Waals surface area (Å²) in [7, 11) is 1.62. The number of ether oxygens (including phenoxy) is 1. The molecule has 258 valence electrons. The number of carbonyl (C=O) groups is 2. The second kappa shape index (κ2) is 13.2. The van der Waals surface area contributed by atoms with E-state index in [1.165, 1.54) is 32.4 Å². The first-order valence-electron chi connectivity index (χ1n) is 17.8. The molecule has 2 aromatic heterocycles. The van der Waals surface area contributed by atoms with E-state index in [1.807, 2.05) is 51.4 Å². The normalized spacial score (nSPS) is 20.5. The van der Waals surface area contributed by atoms with E-state index >= 15 is 0 Å². The highest BCUT2D eigenvalue weighted by atomic mass is 16.5. The molecule has 2 amide bonds. The summed E-state index contributed by atoms with van der Waals surface area (Å²) in [5, 5.41) is 6.46. The van der Waals surface area contributed by atoms with Gasteiger partial charge < -0.3 is 29.7 Å². The summed E-state index contributed by atoms with van der Waals surface area (Å²) in [5.74, 6) is 0.696. The Morgan fingerprint density at radius 2 is 1.82 bits per heavy atom. The molecule has 4 heterocycles. The fourth-order valence-corrected chi connectivity index (χ4v) is 7.79. The Hall–Kier alpha value is -4.28. The van der Waals surface area contributed by atoms with Crippen LogP contribution in [0.2, 0.25) is 0 Å². The number of likely N-dealkylation sites (tertiary alicyclic amines) is 1. The van der Waals surface area contributed by atoms with E-state index in [0.717, 1.165) is 57.6 Å². The first-order chi connectivity index (χ1) is 23.6. The largest absolute Gasteiger partial charge is 0.383 e. The molecule has 10 nitrogen and oxygen atoms in total. The van der Waals surface area contributed by atoms with Crippen LogP contribution in [0, 0.1) is 6.92 Å². The van der Waals surface area contributed by atoms with Gasteiger partial charge in [0.05, 0.1) is 29.6 Å². The highest BCUT2D eigenvalue weighted by Crippen LogP contribution is 2.48. The molecule has 0 bridgehead atoms. The van der Waals surface area contributed by atoms with Crippen LogP contribution in [0.25, 0.3) is 22.3 Å². The van der Waals surface area contributed by atoms with E-state index in [0.29, 0.717) is 30.6 Å². The Morgan fingerprint density at radius 3 is 2.55 bits per heavy atom. The molecule has 0 unspecified atom stereocenters. The van der Waals surface area contributed by atoms with Crippen molar-refractivity contribution in [1.29, 1.82) is 0 Å². The van der Waals surface area contributed by atoms with E-state index in [9.17, 15) is 9.59 Å². The summed E-state index contributed by atoms with van der Waals surface area (Å²) in [5.41, 5.74) is 7.15. The summed E-state index contributed by atoms with van der Waals surface area (Å²) >= 11 is 0. The number of carbonyl (C=O) groups excluding carboxylic acids is 2. The van der Waals surface area contributed by atoms with Crippen LogP contribution in [0.5, 0.6) is 0 Å². The summed E-state index contributed by atoms with van der Waals surface area (Å²) in [4.78, 5) is 41.7. The molecule has 1 saturated carbocycles. The van der Waals surface area contributed by atoms with Gasteiger partial charge in [-0.1, -0.05) is 24.6 Å². The third-order valence-electron chi connectivity index (χ3n) is 10.8. The smallest absolute Gasteiger partial charge is 0.251 e. The quantitative estimate of drug-likeness (QED) is 0.181. The van der Waals surface area contributed by atoms with E-state index < -0.39 is 5.41 Å². The molecule has 2 aliphatic heterocycles. The van der Waals surface area contributed by atoms with Crippen LogP contribution in [0.3, 0.4) is 0 Å². The number of nitrogens with zero attached hydrogens (tertiary/aromatic N) is 5. The standard InChI is InChI=1S/C39H49N7O3/c1-24(2)45-23-41-33-22-32(43-36(35(33)45)42-27-12-10-25(3)30(19-27)37(47)40-14-17-49-6)26-11-13-31-34(18-26)46(38(48)39(31,4)5)29-20-28(21-29)44-15-8-7-9-16-44/h10-13,18-19,22-24,28-29H,7-9,14-17,20-21H2,1-6H3,(H,40,47)(H,42,43)/t28-,29+. The minimum atomic E-state index is -0.580. The summed E-state index contributed by atoms with van der Waals surface area (Å²) in [6.45, 7) is 13.5. The van der Waals surface area contributed by atoms with Crippen LogP contribution >= 0.6 is 0 Å². The van der Waals surface area contributed by atoms with Gasteiger partial charge >= 0.3 is 0 Å². The predicted octanol–water partition coefficient (Wildman–Crippen LogP) is 6.75. The first kappa shape index (κ1) is 33.2. The van der Waals surface area contributed by atoms with Crippen LogP contribution in [0.15, 0.2) is 48.8 Å².